The molecule has 0 bridgehead atoms. The van der Waals surface area contributed by atoms with Crippen LogP contribution in [0.4, 0.5) is 0 Å². The van der Waals surface area contributed by atoms with Gasteiger partial charge in [-0.2, -0.15) is 0 Å². The monoisotopic (exact) mass is 230 g/mol. The van der Waals surface area contributed by atoms with E-state index >= 15 is 0 Å². The summed E-state index contributed by atoms with van der Waals surface area (Å²) in [4.78, 5) is 9.88. The summed E-state index contributed by atoms with van der Waals surface area (Å²) >= 11 is 1.77. The normalized spacial score (nSPS) is 16.0. The second-order valence-corrected chi connectivity index (χ2v) is 4.52. The lowest BCUT2D eigenvalue weighted by Gasteiger charge is -2.01. The van der Waals surface area contributed by atoms with E-state index in [9.17, 15) is 0 Å². The van der Waals surface area contributed by atoms with Crippen LogP contribution >= 0.6 is 11.8 Å². The molecule has 1 aliphatic rings. The van der Waals surface area contributed by atoms with Gasteiger partial charge in [0.05, 0.1) is 0 Å². The van der Waals surface area contributed by atoms with E-state index in [4.69, 9.17) is 0 Å². The molecule has 0 amide bonds. The lowest BCUT2D eigenvalue weighted by atomic mass is 10.1. The molecule has 0 aliphatic heterocycles. The molecule has 0 saturated carbocycles. The lowest BCUT2D eigenvalue weighted by molar-refractivity contribution is 1.10. The van der Waals surface area contributed by atoms with Crippen molar-refractivity contribution in [1.82, 2.24) is 9.97 Å². The van der Waals surface area contributed by atoms with E-state index in [1.807, 2.05) is 6.07 Å². The maximum Gasteiger partial charge on any atom is 0.155 e. The van der Waals surface area contributed by atoms with Gasteiger partial charge in [0.2, 0.25) is 0 Å². The van der Waals surface area contributed by atoms with Crippen molar-refractivity contribution in [2.75, 3.05) is 6.26 Å². The first-order chi connectivity index (χ1) is 7.79. The van der Waals surface area contributed by atoms with Gasteiger partial charge in [-0.1, -0.05) is 12.2 Å². The van der Waals surface area contributed by atoms with Crippen LogP contribution in [-0.4, -0.2) is 16.2 Å². The van der Waals surface area contributed by atoms with Crippen LogP contribution in [0.25, 0.3) is 5.57 Å². The molecule has 0 fully saturated rings. The first-order valence-corrected chi connectivity index (χ1v) is 6.42. The van der Waals surface area contributed by atoms with Crippen molar-refractivity contribution in [1.29, 1.82) is 0 Å². The standard InChI is InChI=1S/C13H14N2S/c1-10-8-11(4-5-12(9-10)16-2)13-14-6-3-7-15-13/h3,5-9H,4H2,1-2H3. The number of allylic oxidation sites excluding steroid dienone is 5. The molecule has 2 rings (SSSR count). The van der Waals surface area contributed by atoms with Gasteiger partial charge < -0.3 is 0 Å². The van der Waals surface area contributed by atoms with Crippen LogP contribution in [0.1, 0.15) is 19.2 Å². The van der Waals surface area contributed by atoms with E-state index < -0.39 is 0 Å². The van der Waals surface area contributed by atoms with Crippen LogP contribution < -0.4 is 0 Å². The molecule has 0 radical (unpaired) electrons. The number of rotatable bonds is 2. The van der Waals surface area contributed by atoms with E-state index in [-0.39, 0.29) is 0 Å². The Morgan fingerprint density at radius 3 is 2.62 bits per heavy atom. The summed E-state index contributed by atoms with van der Waals surface area (Å²) in [5.41, 5.74) is 2.43. The molecule has 1 aliphatic carbocycles. The van der Waals surface area contributed by atoms with E-state index in [0.717, 1.165) is 12.2 Å². The van der Waals surface area contributed by atoms with Crippen molar-refractivity contribution >= 4 is 17.3 Å². The highest BCUT2D eigenvalue weighted by molar-refractivity contribution is 8.02. The zero-order valence-electron chi connectivity index (χ0n) is 9.47. The average Bonchev–Trinajstić information content (AvgIpc) is 2.52. The van der Waals surface area contributed by atoms with Gasteiger partial charge in [-0.15, -0.1) is 11.8 Å². The van der Waals surface area contributed by atoms with Gasteiger partial charge in [0.15, 0.2) is 5.82 Å². The molecular weight excluding hydrogens is 216 g/mol. The predicted octanol–water partition coefficient (Wildman–Crippen LogP) is 3.46. The van der Waals surface area contributed by atoms with Gasteiger partial charge in [-0.3, -0.25) is 0 Å². The minimum atomic E-state index is 0.828. The fraction of sp³-hybridized carbons (Fsp3) is 0.231. The van der Waals surface area contributed by atoms with E-state index in [1.54, 1.807) is 24.2 Å². The van der Waals surface area contributed by atoms with Gasteiger partial charge in [0, 0.05) is 22.9 Å². The minimum Gasteiger partial charge on any atom is -0.237 e. The van der Waals surface area contributed by atoms with Gasteiger partial charge in [-0.05, 0) is 37.3 Å². The first kappa shape index (κ1) is 11.1. The highest BCUT2D eigenvalue weighted by Gasteiger charge is 2.06. The molecule has 0 atom stereocenters. The summed E-state index contributed by atoms with van der Waals surface area (Å²) < 4.78 is 0. The SMILES string of the molecule is CSC1=CCC(c2ncccn2)=CC(C)=C1. The van der Waals surface area contributed by atoms with Crippen LogP contribution in [0.2, 0.25) is 0 Å². The quantitative estimate of drug-likeness (QED) is 0.778. The fourth-order valence-corrected chi connectivity index (χ4v) is 2.19. The smallest absolute Gasteiger partial charge is 0.155 e. The van der Waals surface area contributed by atoms with Crippen molar-refractivity contribution in [3.63, 3.8) is 0 Å². The van der Waals surface area contributed by atoms with Gasteiger partial charge in [0.25, 0.3) is 0 Å². The van der Waals surface area contributed by atoms with Crippen LogP contribution in [0.3, 0.4) is 0 Å². The Labute approximate surface area is 100 Å². The topological polar surface area (TPSA) is 25.8 Å². The largest absolute Gasteiger partial charge is 0.237 e. The third-order valence-corrected chi connectivity index (χ3v) is 3.14. The van der Waals surface area contributed by atoms with Crippen LogP contribution in [0.15, 0.2) is 47.2 Å². The Kier molecular flexibility index (Phi) is 3.57. The molecule has 3 heteroatoms. The molecule has 1 aromatic heterocycles. The van der Waals surface area contributed by atoms with Crippen LogP contribution in [-0.2, 0) is 0 Å². The average molecular weight is 230 g/mol. The molecule has 2 nitrogen and oxygen atoms in total. The summed E-state index contributed by atoms with van der Waals surface area (Å²) in [7, 11) is 0. The second kappa shape index (κ2) is 5.12. The zero-order chi connectivity index (χ0) is 11.4. The summed E-state index contributed by atoms with van der Waals surface area (Å²) in [6.45, 7) is 2.11. The lowest BCUT2D eigenvalue weighted by Crippen LogP contribution is -1.91. The van der Waals surface area contributed by atoms with Crippen molar-refractivity contribution in [3.8, 4) is 0 Å². The van der Waals surface area contributed by atoms with Crippen LogP contribution in [0, 0.1) is 0 Å². The molecule has 0 unspecified atom stereocenters. The van der Waals surface area contributed by atoms with Crippen molar-refractivity contribution in [2.24, 2.45) is 0 Å². The molecule has 16 heavy (non-hydrogen) atoms. The number of thioether (sulfide) groups is 1. The second-order valence-electron chi connectivity index (χ2n) is 3.65. The summed E-state index contributed by atoms with van der Waals surface area (Å²) in [6, 6.07) is 1.84. The first-order valence-electron chi connectivity index (χ1n) is 5.20. The summed E-state index contributed by atoms with van der Waals surface area (Å²) in [6.07, 6.45) is 13.1. The Balaban J connectivity index is 2.32. The minimum absolute atomic E-state index is 0.828. The molecule has 82 valence electrons. The Morgan fingerprint density at radius 1 is 1.19 bits per heavy atom. The third-order valence-electron chi connectivity index (χ3n) is 2.38. The highest BCUT2D eigenvalue weighted by atomic mass is 32.2. The van der Waals surface area contributed by atoms with Gasteiger partial charge in [0.1, 0.15) is 0 Å². The number of hydrogen-bond donors (Lipinski definition) is 0. The molecule has 0 aromatic carbocycles. The summed E-state index contributed by atoms with van der Waals surface area (Å²) in [5, 5.41) is 0. The molecule has 0 spiro atoms. The number of aromatic nitrogens is 2. The van der Waals surface area contributed by atoms with Crippen molar-refractivity contribution in [3.05, 3.63) is 53.0 Å². The number of nitrogens with zero attached hydrogens (tertiary/aromatic N) is 2. The van der Waals surface area contributed by atoms with Crippen molar-refractivity contribution < 1.29 is 0 Å². The number of hydrogen-bond acceptors (Lipinski definition) is 3. The molecule has 1 heterocycles. The molecular formula is C13H14N2S. The molecule has 0 saturated heterocycles. The molecule has 0 N–H and O–H groups in total. The Bertz CT molecular complexity index is 458. The van der Waals surface area contributed by atoms with E-state index in [2.05, 4.69) is 41.4 Å². The fourth-order valence-electron chi connectivity index (χ4n) is 1.63. The van der Waals surface area contributed by atoms with Gasteiger partial charge >= 0.3 is 0 Å². The maximum absolute atomic E-state index is 4.29. The Morgan fingerprint density at radius 2 is 1.94 bits per heavy atom. The summed E-state index contributed by atoms with van der Waals surface area (Å²) in [5.74, 6) is 0.828. The maximum atomic E-state index is 4.29. The highest BCUT2D eigenvalue weighted by Crippen LogP contribution is 2.26. The molecule has 1 aromatic rings. The van der Waals surface area contributed by atoms with Crippen molar-refractivity contribution in [2.45, 2.75) is 13.3 Å². The van der Waals surface area contributed by atoms with Crippen LogP contribution in [0.5, 0.6) is 0 Å². The zero-order valence-corrected chi connectivity index (χ0v) is 10.3. The van der Waals surface area contributed by atoms with Gasteiger partial charge in [-0.25, -0.2) is 9.97 Å². The van der Waals surface area contributed by atoms with E-state index in [0.29, 0.717) is 0 Å². The Hall–Kier alpha value is -1.35. The third kappa shape index (κ3) is 2.61. The predicted molar refractivity (Wildman–Crippen MR) is 70.0 cm³/mol. The van der Waals surface area contributed by atoms with E-state index in [1.165, 1.54) is 16.1 Å².